The largest absolute Gasteiger partial charge is 0.507 e. The fourth-order valence-corrected chi connectivity index (χ4v) is 4.11. The topological polar surface area (TPSA) is 76.1 Å². The number of halogens is 1. The second-order valence-electron chi connectivity index (χ2n) is 7.55. The second-order valence-corrected chi connectivity index (χ2v) is 7.55. The Bertz CT molecular complexity index is 1300. The smallest absolute Gasteiger partial charge is 0.300 e. The van der Waals surface area contributed by atoms with Crippen LogP contribution < -0.4 is 14.4 Å². The molecule has 2 aliphatic rings. The van der Waals surface area contributed by atoms with Crippen molar-refractivity contribution in [2.75, 3.05) is 11.7 Å². The molecule has 0 spiro atoms. The zero-order chi connectivity index (χ0) is 22.4. The highest BCUT2D eigenvalue weighted by molar-refractivity contribution is 6.51. The molecule has 0 saturated carbocycles. The van der Waals surface area contributed by atoms with E-state index in [2.05, 4.69) is 0 Å². The molecule has 1 N–H and O–H groups in total. The van der Waals surface area contributed by atoms with Crippen molar-refractivity contribution in [1.82, 2.24) is 0 Å². The first-order valence-corrected chi connectivity index (χ1v) is 9.98. The molecule has 160 valence electrons. The third-order valence-corrected chi connectivity index (χ3v) is 5.67. The lowest BCUT2D eigenvalue weighted by atomic mass is 9.94. The lowest BCUT2D eigenvalue weighted by molar-refractivity contribution is -0.132. The molecule has 1 fully saturated rings. The predicted molar refractivity (Wildman–Crippen MR) is 115 cm³/mol. The maximum atomic E-state index is 14.9. The minimum atomic E-state index is -1.14. The summed E-state index contributed by atoms with van der Waals surface area (Å²) in [6.07, 6.45) is 0. The third kappa shape index (κ3) is 3.01. The molecule has 0 aliphatic carbocycles. The summed E-state index contributed by atoms with van der Waals surface area (Å²) >= 11 is 0. The van der Waals surface area contributed by atoms with Crippen LogP contribution in [0.15, 0.2) is 72.3 Å². The highest BCUT2D eigenvalue weighted by atomic mass is 19.1. The predicted octanol–water partition coefficient (Wildman–Crippen LogP) is 4.49. The fourth-order valence-electron chi connectivity index (χ4n) is 4.11. The van der Waals surface area contributed by atoms with Crippen molar-refractivity contribution >= 4 is 23.1 Å². The normalized spacial score (nSPS) is 18.9. The van der Waals surface area contributed by atoms with Crippen LogP contribution in [0.2, 0.25) is 0 Å². The van der Waals surface area contributed by atoms with Crippen LogP contribution in [0.1, 0.15) is 22.7 Å². The molecular formula is C25H18FNO5. The van der Waals surface area contributed by atoms with Gasteiger partial charge in [0, 0.05) is 16.8 Å². The van der Waals surface area contributed by atoms with Gasteiger partial charge < -0.3 is 14.6 Å². The summed E-state index contributed by atoms with van der Waals surface area (Å²) in [6, 6.07) is 16.5. The maximum Gasteiger partial charge on any atom is 0.300 e. The van der Waals surface area contributed by atoms with Gasteiger partial charge in [-0.3, -0.25) is 14.5 Å². The Kier molecular flexibility index (Phi) is 4.66. The van der Waals surface area contributed by atoms with Crippen LogP contribution in [-0.2, 0) is 9.59 Å². The van der Waals surface area contributed by atoms with Gasteiger partial charge in [0.15, 0.2) is 11.5 Å². The average Bonchev–Trinajstić information content (AvgIpc) is 3.36. The Morgan fingerprint density at radius 2 is 1.72 bits per heavy atom. The zero-order valence-electron chi connectivity index (χ0n) is 17.0. The van der Waals surface area contributed by atoms with Gasteiger partial charge in [0.25, 0.3) is 11.7 Å². The number of hydrogen-bond acceptors (Lipinski definition) is 5. The second kappa shape index (κ2) is 7.53. The zero-order valence-corrected chi connectivity index (χ0v) is 17.0. The van der Waals surface area contributed by atoms with E-state index in [1.165, 1.54) is 29.2 Å². The minimum Gasteiger partial charge on any atom is -0.507 e. The molecule has 2 aliphatic heterocycles. The van der Waals surface area contributed by atoms with Crippen molar-refractivity contribution in [1.29, 1.82) is 0 Å². The Morgan fingerprint density at radius 3 is 2.50 bits per heavy atom. The molecule has 0 aromatic heterocycles. The summed E-state index contributed by atoms with van der Waals surface area (Å²) in [5.74, 6) is -1.82. The van der Waals surface area contributed by atoms with E-state index in [0.29, 0.717) is 17.2 Å². The van der Waals surface area contributed by atoms with Crippen LogP contribution in [0.4, 0.5) is 10.1 Å². The number of rotatable bonds is 3. The van der Waals surface area contributed by atoms with Crippen LogP contribution in [0.3, 0.4) is 0 Å². The summed E-state index contributed by atoms with van der Waals surface area (Å²) in [5, 5.41) is 11.2. The lowest BCUT2D eigenvalue weighted by Gasteiger charge is -2.27. The van der Waals surface area contributed by atoms with Gasteiger partial charge in [-0.1, -0.05) is 36.4 Å². The van der Waals surface area contributed by atoms with Gasteiger partial charge in [0.2, 0.25) is 6.79 Å². The van der Waals surface area contributed by atoms with Gasteiger partial charge in [-0.2, -0.15) is 0 Å². The van der Waals surface area contributed by atoms with E-state index in [1.807, 2.05) is 0 Å². The fraction of sp³-hybridized carbons (Fsp3) is 0.120. The van der Waals surface area contributed by atoms with E-state index in [-0.39, 0.29) is 23.5 Å². The average molecular weight is 431 g/mol. The number of ketones is 1. The number of hydrogen-bond donors (Lipinski definition) is 1. The van der Waals surface area contributed by atoms with Gasteiger partial charge in [-0.25, -0.2) is 4.39 Å². The molecule has 1 amide bonds. The molecule has 1 atom stereocenters. The van der Waals surface area contributed by atoms with Crippen molar-refractivity contribution in [2.45, 2.75) is 13.0 Å². The van der Waals surface area contributed by atoms with Crippen molar-refractivity contribution in [2.24, 2.45) is 0 Å². The number of aliphatic hydroxyl groups excluding tert-OH is 1. The molecule has 32 heavy (non-hydrogen) atoms. The number of fused-ring (bicyclic) bond motifs is 1. The Balaban J connectivity index is 1.74. The molecule has 3 aromatic rings. The molecule has 6 nitrogen and oxygen atoms in total. The highest BCUT2D eigenvalue weighted by Crippen LogP contribution is 2.44. The number of aryl methyl sites for hydroxylation is 1. The van der Waals surface area contributed by atoms with E-state index in [4.69, 9.17) is 9.47 Å². The quantitative estimate of drug-likeness (QED) is 0.376. The van der Waals surface area contributed by atoms with Gasteiger partial charge in [0.1, 0.15) is 11.6 Å². The van der Waals surface area contributed by atoms with Crippen molar-refractivity contribution in [3.8, 4) is 11.5 Å². The first-order chi connectivity index (χ1) is 15.5. The minimum absolute atomic E-state index is 0.0481. The number of carbonyl (C=O) groups is 2. The summed E-state index contributed by atoms with van der Waals surface area (Å²) in [7, 11) is 0. The molecule has 3 aromatic carbocycles. The molecule has 0 radical (unpaired) electrons. The molecule has 5 rings (SSSR count). The first kappa shape index (κ1) is 19.8. The number of para-hydroxylation sites is 1. The van der Waals surface area contributed by atoms with Gasteiger partial charge >= 0.3 is 0 Å². The van der Waals surface area contributed by atoms with Crippen LogP contribution in [0, 0.1) is 12.7 Å². The van der Waals surface area contributed by atoms with Crippen molar-refractivity contribution in [3.05, 3.63) is 94.8 Å². The SMILES string of the molecule is Cc1ccccc1N1C(=O)C(=O)/C(=C(/O)c2ccc3c(c2)OCO3)C1c1ccccc1F. The molecular weight excluding hydrogens is 413 g/mol. The number of amides is 1. The summed E-state index contributed by atoms with van der Waals surface area (Å²) in [5.41, 5.74) is 1.38. The third-order valence-electron chi connectivity index (χ3n) is 5.67. The maximum absolute atomic E-state index is 14.9. The summed E-state index contributed by atoms with van der Waals surface area (Å²) < 4.78 is 25.6. The molecule has 2 heterocycles. The van der Waals surface area contributed by atoms with Crippen molar-refractivity contribution in [3.63, 3.8) is 0 Å². The molecule has 1 unspecified atom stereocenters. The lowest BCUT2D eigenvalue weighted by Crippen LogP contribution is -2.30. The van der Waals surface area contributed by atoms with E-state index >= 15 is 0 Å². The van der Waals surface area contributed by atoms with Crippen LogP contribution in [0.5, 0.6) is 11.5 Å². The highest BCUT2D eigenvalue weighted by Gasteiger charge is 2.48. The Hall–Kier alpha value is -4.13. The Labute approximate surface area is 183 Å². The number of ether oxygens (including phenoxy) is 2. The van der Waals surface area contributed by atoms with E-state index in [9.17, 15) is 19.1 Å². The van der Waals surface area contributed by atoms with E-state index in [0.717, 1.165) is 5.56 Å². The van der Waals surface area contributed by atoms with E-state index < -0.39 is 29.3 Å². The Morgan fingerprint density at radius 1 is 1.00 bits per heavy atom. The first-order valence-electron chi connectivity index (χ1n) is 9.98. The molecule has 1 saturated heterocycles. The van der Waals surface area contributed by atoms with Crippen LogP contribution in [0.25, 0.3) is 5.76 Å². The molecule has 0 bridgehead atoms. The number of nitrogens with zero attached hydrogens (tertiary/aromatic N) is 1. The standard InChI is InChI=1S/C25H18FNO5/c1-14-6-2-5-9-18(14)27-22(16-7-3-4-8-17(16)26)21(24(29)25(27)30)23(28)15-10-11-19-20(12-15)32-13-31-19/h2-12,22,28H,13H2,1H3/b23-21+. The molecule has 7 heteroatoms. The van der Waals surface area contributed by atoms with Gasteiger partial charge in [0.05, 0.1) is 11.6 Å². The van der Waals surface area contributed by atoms with E-state index in [1.54, 1.807) is 49.4 Å². The number of Topliss-reactive ketones (excluding diaryl/α,β-unsaturated/α-hetero) is 1. The summed E-state index contributed by atoms with van der Waals surface area (Å²) in [4.78, 5) is 27.6. The monoisotopic (exact) mass is 431 g/mol. The van der Waals surface area contributed by atoms with Crippen molar-refractivity contribution < 1.29 is 28.6 Å². The number of aliphatic hydroxyl groups is 1. The summed E-state index contributed by atoms with van der Waals surface area (Å²) in [6.45, 7) is 1.84. The van der Waals surface area contributed by atoms with Gasteiger partial charge in [-0.05, 0) is 42.8 Å². The number of carbonyl (C=O) groups excluding carboxylic acids is 2. The number of benzene rings is 3. The number of anilines is 1. The van der Waals surface area contributed by atoms with Crippen LogP contribution >= 0.6 is 0 Å². The van der Waals surface area contributed by atoms with Crippen LogP contribution in [-0.4, -0.2) is 23.6 Å². The van der Waals surface area contributed by atoms with Gasteiger partial charge in [-0.15, -0.1) is 0 Å².